The van der Waals surface area contributed by atoms with E-state index in [-0.39, 0.29) is 24.0 Å². The number of rotatable bonds is 9. The average molecular weight is 609 g/mol. The number of hydrogen-bond acceptors (Lipinski definition) is 4. The largest absolute Gasteiger partial charge is 0.449 e. The van der Waals surface area contributed by atoms with Gasteiger partial charge < -0.3 is 10.1 Å². The van der Waals surface area contributed by atoms with Crippen molar-refractivity contribution in [1.82, 2.24) is 5.32 Å². The Balaban J connectivity index is 1.61. The fourth-order valence-electron chi connectivity index (χ4n) is 5.11. The molecule has 1 N–H and O–H groups in total. The molecule has 1 atom stereocenters. The Kier molecular flexibility index (Phi) is 9.86. The van der Waals surface area contributed by atoms with Gasteiger partial charge in [-0.3, -0.25) is 4.31 Å². The standard InChI is InChI=1S/C30H32ClF3N2O4S/c1-19-3-9-25(10-4-19)35-30(37)40-16-15-21-17-23(32)7-13-27(21)20(2)36(29-18-24(33)8-14-28(29)34)41(38,39)26-11-5-22(31)6-12-26/h5-8,11-14,17-20,25H,3-4,9-10,15-16H2,1-2H3,(H,35,37)/t19?,20-,25?/m1/s1. The van der Waals surface area contributed by atoms with Crippen LogP contribution in [0.4, 0.5) is 23.7 Å². The molecule has 3 aromatic rings. The van der Waals surface area contributed by atoms with E-state index in [2.05, 4.69) is 12.2 Å². The van der Waals surface area contributed by atoms with Crippen molar-refractivity contribution in [3.05, 3.63) is 94.3 Å². The smallest absolute Gasteiger partial charge is 0.407 e. The van der Waals surface area contributed by atoms with Crippen molar-refractivity contribution in [3.8, 4) is 0 Å². The van der Waals surface area contributed by atoms with Crippen molar-refractivity contribution in [2.75, 3.05) is 10.9 Å². The van der Waals surface area contributed by atoms with Gasteiger partial charge in [-0.2, -0.15) is 0 Å². The lowest BCUT2D eigenvalue weighted by Gasteiger charge is -2.32. The summed E-state index contributed by atoms with van der Waals surface area (Å²) in [7, 11) is -4.46. The number of amides is 1. The van der Waals surface area contributed by atoms with Crippen molar-refractivity contribution < 1.29 is 31.1 Å². The Bertz CT molecular complexity index is 1480. The zero-order valence-electron chi connectivity index (χ0n) is 22.7. The Morgan fingerprint density at radius 3 is 2.32 bits per heavy atom. The van der Waals surface area contributed by atoms with Crippen LogP contribution in [0.3, 0.4) is 0 Å². The van der Waals surface area contributed by atoms with Gasteiger partial charge in [0.1, 0.15) is 17.5 Å². The molecule has 0 bridgehead atoms. The molecule has 1 aliphatic carbocycles. The highest BCUT2D eigenvalue weighted by Crippen LogP contribution is 2.37. The number of benzene rings is 3. The molecule has 0 aromatic heterocycles. The quantitative estimate of drug-likeness (QED) is 0.272. The van der Waals surface area contributed by atoms with Crippen LogP contribution >= 0.6 is 11.6 Å². The highest BCUT2D eigenvalue weighted by Gasteiger charge is 2.34. The van der Waals surface area contributed by atoms with Gasteiger partial charge in [0.15, 0.2) is 0 Å². The molecule has 0 aliphatic heterocycles. The van der Waals surface area contributed by atoms with E-state index in [1.807, 2.05) is 0 Å². The predicted octanol–water partition coefficient (Wildman–Crippen LogP) is 7.56. The summed E-state index contributed by atoms with van der Waals surface area (Å²) in [5, 5.41) is 3.15. The number of carbonyl (C=O) groups excluding carboxylic acids is 1. The van der Waals surface area contributed by atoms with Gasteiger partial charge in [-0.25, -0.2) is 26.4 Å². The first-order chi connectivity index (χ1) is 19.5. The van der Waals surface area contributed by atoms with Crippen molar-refractivity contribution in [2.24, 2.45) is 5.92 Å². The molecule has 3 aromatic carbocycles. The van der Waals surface area contributed by atoms with Crippen LogP contribution in [0.1, 0.15) is 56.7 Å². The van der Waals surface area contributed by atoms with Gasteiger partial charge in [-0.05, 0) is 98.2 Å². The van der Waals surface area contributed by atoms with E-state index < -0.39 is 45.3 Å². The van der Waals surface area contributed by atoms with Crippen LogP contribution < -0.4 is 9.62 Å². The first kappa shape index (κ1) is 30.7. The van der Waals surface area contributed by atoms with Gasteiger partial charge >= 0.3 is 6.09 Å². The fraction of sp³-hybridized carbons (Fsp3) is 0.367. The number of nitrogens with zero attached hydrogens (tertiary/aromatic N) is 1. The number of carbonyl (C=O) groups is 1. The third-order valence-corrected chi connectivity index (χ3v) is 9.52. The third kappa shape index (κ3) is 7.54. The minimum atomic E-state index is -4.46. The van der Waals surface area contributed by atoms with E-state index in [4.69, 9.17) is 16.3 Å². The number of nitrogens with one attached hydrogen (secondary N) is 1. The maximum atomic E-state index is 15.1. The fourth-order valence-corrected chi connectivity index (χ4v) is 6.87. The number of hydrogen-bond donors (Lipinski definition) is 1. The SMILES string of the molecule is CC1CCC(NC(=O)OCCc2cc(F)ccc2[C@@H](C)N(c2cc(F)ccc2F)S(=O)(=O)c2ccc(Cl)cc2)CC1. The van der Waals surface area contributed by atoms with E-state index in [9.17, 15) is 22.0 Å². The molecule has 41 heavy (non-hydrogen) atoms. The number of anilines is 1. The molecule has 4 rings (SSSR count). The van der Waals surface area contributed by atoms with Crippen LogP contribution in [0, 0.1) is 23.4 Å². The molecular weight excluding hydrogens is 577 g/mol. The average Bonchev–Trinajstić information content (AvgIpc) is 2.92. The Morgan fingerprint density at radius 1 is 1.00 bits per heavy atom. The predicted molar refractivity (Wildman–Crippen MR) is 152 cm³/mol. The van der Waals surface area contributed by atoms with Gasteiger partial charge in [0.2, 0.25) is 0 Å². The zero-order chi connectivity index (χ0) is 29.7. The van der Waals surface area contributed by atoms with Crippen molar-refractivity contribution >= 4 is 33.4 Å². The monoisotopic (exact) mass is 608 g/mol. The molecule has 0 spiro atoms. The highest BCUT2D eigenvalue weighted by molar-refractivity contribution is 7.92. The molecule has 1 saturated carbocycles. The first-order valence-electron chi connectivity index (χ1n) is 13.4. The second kappa shape index (κ2) is 13.2. The van der Waals surface area contributed by atoms with E-state index in [1.165, 1.54) is 43.3 Å². The number of ether oxygens (including phenoxy) is 1. The van der Waals surface area contributed by atoms with Crippen LogP contribution in [0.5, 0.6) is 0 Å². The normalized spacial score (nSPS) is 18.0. The van der Waals surface area contributed by atoms with Gasteiger partial charge in [-0.1, -0.05) is 24.6 Å². The summed E-state index contributed by atoms with van der Waals surface area (Å²) in [4.78, 5) is 12.2. The van der Waals surface area contributed by atoms with Crippen LogP contribution in [-0.4, -0.2) is 27.2 Å². The van der Waals surface area contributed by atoms with Gasteiger partial charge in [0.25, 0.3) is 10.0 Å². The summed E-state index contributed by atoms with van der Waals surface area (Å²) in [6.45, 7) is 3.57. The molecule has 1 aliphatic rings. The van der Waals surface area contributed by atoms with Gasteiger partial charge in [0, 0.05) is 23.6 Å². The molecule has 11 heteroatoms. The molecule has 0 radical (unpaired) electrons. The van der Waals surface area contributed by atoms with Crippen molar-refractivity contribution in [1.29, 1.82) is 0 Å². The Morgan fingerprint density at radius 2 is 1.63 bits per heavy atom. The second-order valence-electron chi connectivity index (χ2n) is 10.4. The van der Waals surface area contributed by atoms with E-state index in [1.54, 1.807) is 0 Å². The maximum Gasteiger partial charge on any atom is 0.407 e. The van der Waals surface area contributed by atoms with Gasteiger partial charge in [0.05, 0.1) is 23.2 Å². The summed E-state index contributed by atoms with van der Waals surface area (Å²) in [5.41, 5.74) is 0.169. The molecule has 0 heterocycles. The second-order valence-corrected chi connectivity index (χ2v) is 12.6. The molecule has 1 amide bonds. The lowest BCUT2D eigenvalue weighted by Crippen LogP contribution is -2.38. The summed E-state index contributed by atoms with van der Waals surface area (Å²) in [6.07, 6.45) is 3.28. The van der Waals surface area contributed by atoms with Crippen LogP contribution in [0.2, 0.25) is 5.02 Å². The van der Waals surface area contributed by atoms with Crippen molar-refractivity contribution in [2.45, 2.75) is 62.9 Å². The third-order valence-electron chi connectivity index (χ3n) is 7.37. The zero-order valence-corrected chi connectivity index (χ0v) is 24.3. The van der Waals surface area contributed by atoms with Crippen LogP contribution in [-0.2, 0) is 21.2 Å². The topological polar surface area (TPSA) is 75.7 Å². The number of halogens is 4. The van der Waals surface area contributed by atoms with E-state index in [0.717, 1.165) is 54.3 Å². The minimum Gasteiger partial charge on any atom is -0.449 e. The number of sulfonamides is 1. The van der Waals surface area contributed by atoms with E-state index >= 15 is 4.39 Å². The molecular formula is C30H32ClF3N2O4S. The molecule has 0 unspecified atom stereocenters. The molecule has 1 fully saturated rings. The van der Waals surface area contributed by atoms with Gasteiger partial charge in [-0.15, -0.1) is 0 Å². The van der Waals surface area contributed by atoms with E-state index in [0.29, 0.717) is 22.1 Å². The molecule has 0 saturated heterocycles. The molecule has 220 valence electrons. The highest BCUT2D eigenvalue weighted by atomic mass is 35.5. The Hall–Kier alpha value is -3.24. The Labute approximate surface area is 243 Å². The minimum absolute atomic E-state index is 0.0382. The lowest BCUT2D eigenvalue weighted by atomic mass is 9.87. The number of alkyl carbamates (subject to hydrolysis) is 1. The van der Waals surface area contributed by atoms with Crippen LogP contribution in [0.25, 0.3) is 0 Å². The summed E-state index contributed by atoms with van der Waals surface area (Å²) in [6, 6.07) is 10.5. The first-order valence-corrected chi connectivity index (χ1v) is 15.2. The molecule has 6 nitrogen and oxygen atoms in total. The summed E-state index contributed by atoms with van der Waals surface area (Å²) < 4.78 is 77.5. The van der Waals surface area contributed by atoms with Crippen LogP contribution in [0.15, 0.2) is 65.6 Å². The maximum absolute atomic E-state index is 15.1. The lowest BCUT2D eigenvalue weighted by molar-refractivity contribution is 0.139. The summed E-state index contributed by atoms with van der Waals surface area (Å²) in [5.74, 6) is -1.75. The summed E-state index contributed by atoms with van der Waals surface area (Å²) >= 11 is 5.94. The van der Waals surface area contributed by atoms with Crippen molar-refractivity contribution in [3.63, 3.8) is 0 Å².